The molecule has 0 nitrogen and oxygen atoms in total. The molecule has 0 aliphatic heterocycles. The lowest BCUT2D eigenvalue weighted by Crippen LogP contribution is -1.88. The molecule has 0 heterocycles. The quantitative estimate of drug-likeness (QED) is 0.372. The Bertz CT molecular complexity index is 100. The fourth-order valence-corrected chi connectivity index (χ4v) is 0.697. The van der Waals surface area contributed by atoms with Crippen LogP contribution >= 0.6 is 0 Å². The molecule has 2 atom stereocenters. The van der Waals surface area contributed by atoms with Crippen molar-refractivity contribution in [1.82, 2.24) is 0 Å². The largest absolute Gasteiger partial charge is 0.341 e. The van der Waals surface area contributed by atoms with Crippen molar-refractivity contribution in [3.05, 3.63) is 6.92 Å². The van der Waals surface area contributed by atoms with Gasteiger partial charge < -0.3 is 6.92 Å². The second kappa shape index (κ2) is 26.6. The Morgan fingerprint density at radius 1 is 0.789 bits per heavy atom. The Hall–Kier alpha value is 0.0649. The van der Waals surface area contributed by atoms with E-state index in [1.54, 1.807) is 0 Å². The topological polar surface area (TPSA) is 0 Å². The van der Waals surface area contributed by atoms with Crippen LogP contribution in [0.15, 0.2) is 0 Å². The maximum absolute atomic E-state index is 3.76. The first-order valence-electron chi connectivity index (χ1n) is 7.68. The van der Waals surface area contributed by atoms with Crippen molar-refractivity contribution in [2.45, 2.75) is 94.9 Å². The van der Waals surface area contributed by atoms with Gasteiger partial charge in [-0.1, -0.05) is 94.9 Å². The summed E-state index contributed by atoms with van der Waals surface area (Å²) in [4.78, 5) is 0. The van der Waals surface area contributed by atoms with Gasteiger partial charge in [0, 0.05) is 8.41 Å². The molecule has 0 bridgehead atoms. The zero-order chi connectivity index (χ0) is 14.3. The summed E-state index contributed by atoms with van der Waals surface area (Å²) < 4.78 is 0. The van der Waals surface area contributed by atoms with E-state index in [2.05, 4.69) is 62.3 Å². The van der Waals surface area contributed by atoms with Crippen LogP contribution in [0.2, 0.25) is 0 Å². The normalized spacial score (nSPS) is 11.7. The van der Waals surface area contributed by atoms with Crippen molar-refractivity contribution < 1.29 is 0 Å². The smallest absolute Gasteiger partial charge is 0 e. The summed E-state index contributed by atoms with van der Waals surface area (Å²) in [5.74, 6) is 2.47. The fraction of sp³-hybridized carbons (Fsp3) is 0.944. The zero-order valence-electron chi connectivity index (χ0n) is 14.6. The Labute approximate surface area is 128 Å². The third-order valence-corrected chi connectivity index (χ3v) is 2.99. The van der Waals surface area contributed by atoms with E-state index in [4.69, 9.17) is 0 Å². The number of hydrogen-bond acceptors (Lipinski definition) is 0. The molecule has 0 rings (SSSR count). The summed E-state index contributed by atoms with van der Waals surface area (Å²) in [6.07, 6.45) is 6.58. The van der Waals surface area contributed by atoms with Crippen LogP contribution in [0.1, 0.15) is 94.9 Å². The van der Waals surface area contributed by atoms with Gasteiger partial charge in [0.05, 0.1) is 0 Å². The Morgan fingerprint density at radius 3 is 1.16 bits per heavy atom. The molecule has 1 heteroatoms. The van der Waals surface area contributed by atoms with Gasteiger partial charge in [-0.3, -0.25) is 0 Å². The summed E-state index contributed by atoms with van der Waals surface area (Å²) in [7, 11) is 0. The van der Waals surface area contributed by atoms with Crippen LogP contribution < -0.4 is 0 Å². The first kappa shape index (κ1) is 31.5. The third-order valence-electron chi connectivity index (χ3n) is 2.99. The van der Waals surface area contributed by atoms with Gasteiger partial charge in [0.2, 0.25) is 0 Å². The van der Waals surface area contributed by atoms with Crippen LogP contribution in [0.3, 0.4) is 0 Å². The predicted molar refractivity (Wildman–Crippen MR) is 96.8 cm³/mol. The molecule has 0 N–H and O–H groups in total. The van der Waals surface area contributed by atoms with Crippen LogP contribution in [0.25, 0.3) is 0 Å². The molecule has 0 saturated heterocycles. The highest BCUT2D eigenvalue weighted by atomic mass is 14.0. The maximum Gasteiger partial charge on any atom is 0 e. The summed E-state index contributed by atoms with van der Waals surface area (Å²) in [5.41, 5.74) is 0. The molecule has 0 fully saturated rings. The molecule has 19 heavy (non-hydrogen) atoms. The van der Waals surface area contributed by atoms with E-state index in [-0.39, 0.29) is 15.8 Å². The molecule has 0 aromatic rings. The van der Waals surface area contributed by atoms with Crippen LogP contribution in [-0.2, 0) is 0 Å². The molecule has 0 aliphatic rings. The van der Waals surface area contributed by atoms with E-state index >= 15 is 0 Å². The van der Waals surface area contributed by atoms with Gasteiger partial charge >= 0.3 is 0 Å². The lowest BCUT2D eigenvalue weighted by Gasteiger charge is -2.02. The van der Waals surface area contributed by atoms with Crippen LogP contribution in [-0.4, -0.2) is 8.41 Å². The van der Waals surface area contributed by atoms with Crippen molar-refractivity contribution in [1.29, 1.82) is 0 Å². The zero-order valence-corrected chi connectivity index (χ0v) is 14.6. The van der Waals surface area contributed by atoms with E-state index in [0.717, 1.165) is 11.8 Å². The van der Waals surface area contributed by atoms with Crippen molar-refractivity contribution in [3.63, 3.8) is 0 Å². The van der Waals surface area contributed by atoms with Gasteiger partial charge in [-0.15, -0.1) is 0 Å². The fourth-order valence-electron chi connectivity index (χ4n) is 0.697. The van der Waals surface area contributed by atoms with Gasteiger partial charge in [0.1, 0.15) is 0 Å². The van der Waals surface area contributed by atoms with Crippen molar-refractivity contribution >= 4 is 8.41 Å². The molecule has 0 amide bonds. The monoisotopic (exact) mass is 270 g/mol. The average Bonchev–Trinajstić information content (AvgIpc) is 2.30. The number of hydrogen-bond donors (Lipinski definition) is 0. The van der Waals surface area contributed by atoms with E-state index in [0.29, 0.717) is 5.92 Å². The van der Waals surface area contributed by atoms with Crippen molar-refractivity contribution in [3.8, 4) is 0 Å². The van der Waals surface area contributed by atoms with Gasteiger partial charge in [-0.05, 0) is 11.8 Å². The Kier molecular flexibility index (Phi) is 44.0. The first-order valence-corrected chi connectivity index (χ1v) is 7.68. The van der Waals surface area contributed by atoms with Crippen LogP contribution in [0, 0.1) is 24.7 Å². The molecule has 0 aliphatic carbocycles. The predicted octanol–water partition coefficient (Wildman–Crippen LogP) is 7.01. The summed E-state index contributed by atoms with van der Waals surface area (Å²) >= 11 is 0. The van der Waals surface area contributed by atoms with Crippen LogP contribution in [0.4, 0.5) is 0 Å². The molecule has 0 aromatic carbocycles. The van der Waals surface area contributed by atoms with E-state index in [9.17, 15) is 0 Å². The van der Waals surface area contributed by atoms with Gasteiger partial charge in [-0.2, -0.15) is 5.92 Å². The number of rotatable bonds is 5. The highest BCUT2D eigenvalue weighted by Gasteiger charge is 1.92. The minimum Gasteiger partial charge on any atom is -0.341 e. The van der Waals surface area contributed by atoms with Crippen LogP contribution in [0.5, 0.6) is 0 Å². The average molecular weight is 270 g/mol. The second-order valence-corrected chi connectivity index (χ2v) is 5.62. The molecule has 0 aromatic heterocycles. The lowest BCUT2D eigenvalue weighted by molar-refractivity contribution is 0.509. The van der Waals surface area contributed by atoms with E-state index in [1.807, 2.05) is 0 Å². The highest BCUT2D eigenvalue weighted by molar-refractivity contribution is 5.75. The van der Waals surface area contributed by atoms with E-state index in [1.165, 1.54) is 32.1 Å². The van der Waals surface area contributed by atoms with Crippen molar-refractivity contribution in [2.75, 3.05) is 0 Å². The molecular formula is C18H43B-. The standard InChI is InChI=1S/C7H16.C5H12.C5H11.CH4.B/c1-4-6-7(3)5-2;2*1-4-5(2)3;;/h7H,4-6H2,1-3H3;5H,4H2,1-3H3;5H,2,4H2,1,3H3;1H4;/q;;-1;;. The molecule has 3 radical (unpaired) electrons. The first-order chi connectivity index (χ1) is 7.85. The van der Waals surface area contributed by atoms with Gasteiger partial charge in [0.15, 0.2) is 0 Å². The van der Waals surface area contributed by atoms with Gasteiger partial charge in [0.25, 0.3) is 0 Å². The third kappa shape index (κ3) is 56.7. The molecule has 119 valence electrons. The molecule has 2 unspecified atom stereocenters. The Balaban J connectivity index is -0.0000000500. The lowest BCUT2D eigenvalue weighted by atomic mass is 10.0. The summed E-state index contributed by atoms with van der Waals surface area (Å²) in [6.45, 7) is 21.4. The van der Waals surface area contributed by atoms with E-state index < -0.39 is 0 Å². The Morgan fingerprint density at radius 2 is 1.11 bits per heavy atom. The summed E-state index contributed by atoms with van der Waals surface area (Å²) in [6, 6.07) is 0. The molecular weight excluding hydrogens is 227 g/mol. The van der Waals surface area contributed by atoms with Crippen molar-refractivity contribution in [2.24, 2.45) is 17.8 Å². The minimum absolute atomic E-state index is 0. The SMILES string of the molecule is C.CCC(C)C.CCCC(C)CC.[B].[CH2-]C(C)CC. The second-order valence-electron chi connectivity index (χ2n) is 5.62. The highest BCUT2D eigenvalue weighted by Crippen LogP contribution is 2.07. The molecule has 0 saturated carbocycles. The minimum atomic E-state index is 0. The van der Waals surface area contributed by atoms with Gasteiger partial charge in [-0.25, -0.2) is 0 Å². The maximum atomic E-state index is 3.76. The summed E-state index contributed by atoms with van der Waals surface area (Å²) in [5, 5.41) is 0. The molecule has 0 spiro atoms.